The lowest BCUT2D eigenvalue weighted by Gasteiger charge is -2.28. The molecule has 1 amide bonds. The maximum atomic E-state index is 11.7. The third-order valence-electron chi connectivity index (χ3n) is 3.15. The summed E-state index contributed by atoms with van der Waals surface area (Å²) in [6.07, 6.45) is 0.487. The normalized spacial score (nSPS) is 23.2. The molecule has 2 rings (SSSR count). The van der Waals surface area contributed by atoms with E-state index in [-0.39, 0.29) is 17.4 Å². The Morgan fingerprint density at radius 1 is 1.47 bits per heavy atom. The second-order valence-corrected chi connectivity index (χ2v) is 5.37. The molecule has 15 heavy (non-hydrogen) atoms. The third-order valence-corrected chi connectivity index (χ3v) is 3.15. The van der Waals surface area contributed by atoms with E-state index < -0.39 is 0 Å². The molecule has 2 aliphatic heterocycles. The third kappa shape index (κ3) is 1.63. The summed E-state index contributed by atoms with van der Waals surface area (Å²) in [4.78, 5) is 13.5. The summed E-state index contributed by atoms with van der Waals surface area (Å²) in [5.74, 6) is 1.16. The number of nitrogens with one attached hydrogen (secondary N) is 1. The van der Waals surface area contributed by atoms with Crippen LogP contribution in [0.1, 0.15) is 27.2 Å². The smallest absolute Gasteiger partial charge is 0.232 e. The van der Waals surface area contributed by atoms with Crippen molar-refractivity contribution >= 4 is 5.91 Å². The van der Waals surface area contributed by atoms with Crippen molar-refractivity contribution in [3.8, 4) is 0 Å². The molecule has 0 aromatic rings. The van der Waals surface area contributed by atoms with Gasteiger partial charge in [0.2, 0.25) is 5.91 Å². The van der Waals surface area contributed by atoms with Crippen molar-refractivity contribution < 1.29 is 4.79 Å². The van der Waals surface area contributed by atoms with Crippen LogP contribution in [-0.2, 0) is 4.79 Å². The van der Waals surface area contributed by atoms with Gasteiger partial charge in [0, 0.05) is 19.1 Å². The lowest BCUT2D eigenvalue weighted by atomic mass is 9.82. The van der Waals surface area contributed by atoms with Crippen LogP contribution in [0.2, 0.25) is 0 Å². The first-order valence-corrected chi connectivity index (χ1v) is 5.44. The standard InChI is InChI=1S/C11H19N3O/c1-11(2,3)9(12)7-6-8(15)14-5-4-13-10(7)14/h9,13H,4-6,12H2,1-3H3. The summed E-state index contributed by atoms with van der Waals surface area (Å²) >= 11 is 0. The first-order valence-electron chi connectivity index (χ1n) is 5.44. The predicted octanol–water partition coefficient (Wildman–Crippen LogP) is 0.407. The summed E-state index contributed by atoms with van der Waals surface area (Å²) in [6, 6.07) is -0.0490. The van der Waals surface area contributed by atoms with E-state index >= 15 is 0 Å². The van der Waals surface area contributed by atoms with Gasteiger partial charge in [0.25, 0.3) is 0 Å². The number of hydrogen-bond donors (Lipinski definition) is 2. The van der Waals surface area contributed by atoms with Crippen LogP contribution in [0, 0.1) is 5.41 Å². The zero-order chi connectivity index (χ0) is 11.2. The first kappa shape index (κ1) is 10.5. The van der Waals surface area contributed by atoms with Gasteiger partial charge in [-0.25, -0.2) is 0 Å². The summed E-state index contributed by atoms with van der Waals surface area (Å²) < 4.78 is 0. The highest BCUT2D eigenvalue weighted by atomic mass is 16.2. The summed E-state index contributed by atoms with van der Waals surface area (Å²) in [7, 11) is 0. The number of fused-ring (bicyclic) bond motifs is 1. The number of nitrogens with two attached hydrogens (primary N) is 1. The minimum absolute atomic E-state index is 0.00287. The topological polar surface area (TPSA) is 58.4 Å². The number of carbonyl (C=O) groups excluding carboxylic acids is 1. The molecule has 0 aromatic carbocycles. The molecule has 1 unspecified atom stereocenters. The molecule has 4 heteroatoms. The average Bonchev–Trinajstić information content (AvgIpc) is 2.67. The number of carbonyl (C=O) groups is 1. The second kappa shape index (κ2) is 3.23. The Labute approximate surface area is 90.5 Å². The van der Waals surface area contributed by atoms with Crippen LogP contribution in [-0.4, -0.2) is 29.9 Å². The number of hydrogen-bond acceptors (Lipinski definition) is 3. The average molecular weight is 209 g/mol. The Bertz CT molecular complexity index is 327. The molecular formula is C11H19N3O. The van der Waals surface area contributed by atoms with Crippen molar-refractivity contribution in [3.63, 3.8) is 0 Å². The van der Waals surface area contributed by atoms with E-state index in [1.54, 1.807) is 0 Å². The van der Waals surface area contributed by atoms with Gasteiger partial charge in [-0.2, -0.15) is 0 Å². The van der Waals surface area contributed by atoms with E-state index in [0.717, 1.165) is 24.5 Å². The Morgan fingerprint density at radius 2 is 2.13 bits per heavy atom. The zero-order valence-electron chi connectivity index (χ0n) is 9.63. The van der Waals surface area contributed by atoms with Crippen LogP contribution in [0.4, 0.5) is 0 Å². The van der Waals surface area contributed by atoms with Crippen molar-refractivity contribution in [3.05, 3.63) is 11.4 Å². The van der Waals surface area contributed by atoms with Gasteiger partial charge in [-0.15, -0.1) is 0 Å². The van der Waals surface area contributed by atoms with E-state index in [0.29, 0.717) is 6.42 Å². The van der Waals surface area contributed by atoms with Crippen LogP contribution in [0.15, 0.2) is 11.4 Å². The Hall–Kier alpha value is -1.03. The molecule has 0 radical (unpaired) electrons. The predicted molar refractivity (Wildman–Crippen MR) is 58.8 cm³/mol. The number of amides is 1. The van der Waals surface area contributed by atoms with Gasteiger partial charge in [-0.3, -0.25) is 9.69 Å². The minimum Gasteiger partial charge on any atom is -0.370 e. The van der Waals surface area contributed by atoms with Gasteiger partial charge >= 0.3 is 0 Å². The highest BCUT2D eigenvalue weighted by Crippen LogP contribution is 2.33. The molecule has 0 spiro atoms. The van der Waals surface area contributed by atoms with Crippen LogP contribution in [0.3, 0.4) is 0 Å². The van der Waals surface area contributed by atoms with Crippen molar-refractivity contribution in [1.82, 2.24) is 10.2 Å². The minimum atomic E-state index is -0.0490. The van der Waals surface area contributed by atoms with Crippen molar-refractivity contribution in [2.45, 2.75) is 33.2 Å². The van der Waals surface area contributed by atoms with Gasteiger partial charge in [-0.1, -0.05) is 20.8 Å². The van der Waals surface area contributed by atoms with E-state index in [2.05, 4.69) is 26.1 Å². The van der Waals surface area contributed by atoms with Gasteiger partial charge < -0.3 is 11.1 Å². The molecule has 2 aliphatic rings. The second-order valence-electron chi connectivity index (χ2n) is 5.37. The quantitative estimate of drug-likeness (QED) is 0.657. The van der Waals surface area contributed by atoms with Crippen molar-refractivity contribution in [2.75, 3.05) is 13.1 Å². The van der Waals surface area contributed by atoms with Gasteiger partial charge in [0.15, 0.2) is 0 Å². The maximum Gasteiger partial charge on any atom is 0.232 e. The van der Waals surface area contributed by atoms with Gasteiger partial charge in [0.1, 0.15) is 5.82 Å². The fraction of sp³-hybridized carbons (Fsp3) is 0.727. The fourth-order valence-corrected chi connectivity index (χ4v) is 2.15. The van der Waals surface area contributed by atoms with E-state index in [1.165, 1.54) is 0 Å². The Morgan fingerprint density at radius 3 is 2.73 bits per heavy atom. The summed E-state index contributed by atoms with van der Waals surface area (Å²) in [5.41, 5.74) is 7.27. The van der Waals surface area contributed by atoms with Gasteiger partial charge in [0.05, 0.1) is 6.42 Å². The lowest BCUT2D eigenvalue weighted by Crippen LogP contribution is -2.37. The van der Waals surface area contributed by atoms with Crippen LogP contribution < -0.4 is 11.1 Å². The lowest BCUT2D eigenvalue weighted by molar-refractivity contribution is -0.126. The molecule has 2 heterocycles. The molecular weight excluding hydrogens is 190 g/mol. The number of rotatable bonds is 1. The molecule has 0 saturated carbocycles. The SMILES string of the molecule is CC(C)(C)C(N)C1=C2NCCN2C(=O)C1. The zero-order valence-corrected chi connectivity index (χ0v) is 9.63. The molecule has 1 fully saturated rings. The molecule has 4 nitrogen and oxygen atoms in total. The molecule has 0 aromatic heterocycles. The number of nitrogens with zero attached hydrogens (tertiary/aromatic N) is 1. The van der Waals surface area contributed by atoms with E-state index in [9.17, 15) is 4.79 Å². The Balaban J connectivity index is 2.30. The summed E-state index contributed by atoms with van der Waals surface area (Å²) in [6.45, 7) is 7.95. The Kier molecular flexibility index (Phi) is 2.26. The molecule has 1 saturated heterocycles. The van der Waals surface area contributed by atoms with Crippen molar-refractivity contribution in [2.24, 2.45) is 11.1 Å². The van der Waals surface area contributed by atoms with Crippen LogP contribution >= 0.6 is 0 Å². The molecule has 84 valence electrons. The molecule has 0 aliphatic carbocycles. The van der Waals surface area contributed by atoms with E-state index in [1.807, 2.05) is 4.90 Å². The van der Waals surface area contributed by atoms with E-state index in [4.69, 9.17) is 5.73 Å². The van der Waals surface area contributed by atoms with Gasteiger partial charge in [-0.05, 0) is 11.0 Å². The molecule has 1 atom stereocenters. The fourth-order valence-electron chi connectivity index (χ4n) is 2.15. The largest absolute Gasteiger partial charge is 0.370 e. The maximum absolute atomic E-state index is 11.7. The monoisotopic (exact) mass is 209 g/mol. The molecule has 3 N–H and O–H groups in total. The van der Waals surface area contributed by atoms with Crippen LogP contribution in [0.25, 0.3) is 0 Å². The summed E-state index contributed by atoms with van der Waals surface area (Å²) in [5, 5.41) is 3.26. The first-order chi connectivity index (χ1) is 6.91. The highest BCUT2D eigenvalue weighted by Gasteiger charge is 2.38. The van der Waals surface area contributed by atoms with Crippen LogP contribution in [0.5, 0.6) is 0 Å². The van der Waals surface area contributed by atoms with Crippen molar-refractivity contribution in [1.29, 1.82) is 0 Å². The highest BCUT2D eigenvalue weighted by molar-refractivity contribution is 5.85. The molecule has 0 bridgehead atoms.